The summed E-state index contributed by atoms with van der Waals surface area (Å²) in [6, 6.07) is 5.56. The monoisotopic (exact) mass is 310 g/mol. The Hall–Kier alpha value is -1.61. The van der Waals surface area contributed by atoms with Crippen molar-refractivity contribution in [1.29, 1.82) is 0 Å². The van der Waals surface area contributed by atoms with Crippen LogP contribution in [0, 0.1) is 0 Å². The topological polar surface area (TPSA) is 75.3 Å². The van der Waals surface area contributed by atoms with Crippen LogP contribution in [0.2, 0.25) is 0 Å². The van der Waals surface area contributed by atoms with E-state index in [9.17, 15) is 26.4 Å². The molecule has 2 N–H and O–H groups in total. The first-order valence-corrected chi connectivity index (χ1v) is 6.98. The molecular weight excluding hydrogens is 297 g/mol. The highest BCUT2D eigenvalue weighted by molar-refractivity contribution is 7.89. The van der Waals surface area contributed by atoms with Crippen molar-refractivity contribution in [3.8, 4) is 0 Å². The molecule has 0 heterocycles. The van der Waals surface area contributed by atoms with Crippen molar-refractivity contribution in [3.63, 3.8) is 0 Å². The molecule has 0 unspecified atom stereocenters. The number of hydrogen-bond acceptors (Lipinski definition) is 3. The molecule has 0 aliphatic rings. The van der Waals surface area contributed by atoms with Gasteiger partial charge in [-0.05, 0) is 24.7 Å². The van der Waals surface area contributed by atoms with Gasteiger partial charge in [-0.1, -0.05) is 12.1 Å². The van der Waals surface area contributed by atoms with Crippen LogP contribution in [0.1, 0.15) is 12.0 Å². The zero-order chi connectivity index (χ0) is 15.4. The second kappa shape index (κ2) is 6.23. The lowest BCUT2D eigenvalue weighted by molar-refractivity contribution is -0.153. The van der Waals surface area contributed by atoms with Crippen LogP contribution in [0.15, 0.2) is 29.2 Å². The Kier molecular flexibility index (Phi) is 5.12. The van der Waals surface area contributed by atoms with Crippen LogP contribution in [-0.4, -0.2) is 27.5 Å². The van der Waals surface area contributed by atoms with Gasteiger partial charge in [0.2, 0.25) is 15.9 Å². The number of carbonyl (C=O) groups is 1. The number of carbonyl (C=O) groups excluding carboxylic acids is 1. The zero-order valence-corrected chi connectivity index (χ0v) is 11.3. The highest BCUT2D eigenvalue weighted by atomic mass is 32.2. The van der Waals surface area contributed by atoms with E-state index in [4.69, 9.17) is 0 Å². The standard InChI is InChI=1S/C11H13F3N2O3S/c1-15-20(18,19)9-4-2-3-8(5-9)7-16-10(17)6-11(12,13)14/h2-5,15H,6-7H2,1H3,(H,16,17). The lowest BCUT2D eigenvalue weighted by atomic mass is 10.2. The Labute approximate surface area is 114 Å². The van der Waals surface area contributed by atoms with Crippen molar-refractivity contribution in [3.05, 3.63) is 29.8 Å². The van der Waals surface area contributed by atoms with E-state index in [0.717, 1.165) is 0 Å². The summed E-state index contributed by atoms with van der Waals surface area (Å²) in [7, 11) is -2.39. The van der Waals surface area contributed by atoms with Gasteiger partial charge in [-0.25, -0.2) is 13.1 Å². The number of sulfonamides is 1. The third-order valence-corrected chi connectivity index (χ3v) is 3.74. The van der Waals surface area contributed by atoms with Crippen LogP contribution in [0.3, 0.4) is 0 Å². The van der Waals surface area contributed by atoms with Crippen LogP contribution >= 0.6 is 0 Å². The number of nitrogens with one attached hydrogen (secondary N) is 2. The van der Waals surface area contributed by atoms with Crippen LogP contribution in [0.25, 0.3) is 0 Å². The summed E-state index contributed by atoms with van der Waals surface area (Å²) < 4.78 is 61.0. The van der Waals surface area contributed by atoms with E-state index in [-0.39, 0.29) is 11.4 Å². The van der Waals surface area contributed by atoms with Gasteiger partial charge >= 0.3 is 6.18 Å². The van der Waals surface area contributed by atoms with Crippen molar-refractivity contribution in [2.75, 3.05) is 7.05 Å². The molecule has 1 amide bonds. The maximum absolute atomic E-state index is 11.9. The highest BCUT2D eigenvalue weighted by Gasteiger charge is 2.30. The molecule has 1 aromatic rings. The number of alkyl halides is 3. The van der Waals surface area contributed by atoms with E-state index < -0.39 is 28.5 Å². The van der Waals surface area contributed by atoms with Gasteiger partial charge < -0.3 is 5.32 Å². The summed E-state index contributed by atoms with van der Waals surface area (Å²) in [5.74, 6) is -1.17. The van der Waals surface area contributed by atoms with Crippen molar-refractivity contribution >= 4 is 15.9 Å². The summed E-state index contributed by atoms with van der Waals surface area (Å²) in [5.41, 5.74) is 0.386. The first kappa shape index (κ1) is 16.4. The Balaban J connectivity index is 2.71. The second-order valence-corrected chi connectivity index (χ2v) is 5.81. The molecule has 9 heteroatoms. The van der Waals surface area contributed by atoms with Crippen molar-refractivity contribution in [1.82, 2.24) is 10.0 Å². The molecule has 0 aliphatic heterocycles. The average Bonchev–Trinajstić information content (AvgIpc) is 2.35. The molecule has 0 atom stereocenters. The molecule has 0 saturated carbocycles. The molecule has 0 aromatic heterocycles. The third kappa shape index (κ3) is 5.17. The van der Waals surface area contributed by atoms with E-state index in [1.165, 1.54) is 31.3 Å². The Morgan fingerprint density at radius 2 is 1.95 bits per heavy atom. The van der Waals surface area contributed by atoms with Gasteiger partial charge in [0.25, 0.3) is 0 Å². The lowest BCUT2D eigenvalue weighted by Crippen LogP contribution is -2.28. The summed E-state index contributed by atoms with van der Waals surface area (Å²) in [6.45, 7) is -0.179. The minimum absolute atomic E-state index is 0.0254. The second-order valence-electron chi connectivity index (χ2n) is 3.92. The number of halogens is 3. The van der Waals surface area contributed by atoms with Gasteiger partial charge in [0, 0.05) is 6.54 Å². The Bertz CT molecular complexity index is 585. The maximum atomic E-state index is 11.9. The van der Waals surface area contributed by atoms with Crippen LogP contribution in [0.5, 0.6) is 0 Å². The normalized spacial score (nSPS) is 12.2. The minimum Gasteiger partial charge on any atom is -0.352 e. The number of hydrogen-bond donors (Lipinski definition) is 2. The van der Waals surface area contributed by atoms with Crippen LogP contribution < -0.4 is 10.0 Å². The fourth-order valence-corrected chi connectivity index (χ4v) is 2.19. The molecule has 0 saturated heterocycles. The van der Waals surface area contributed by atoms with E-state index >= 15 is 0 Å². The third-order valence-electron chi connectivity index (χ3n) is 2.33. The predicted molar refractivity (Wildman–Crippen MR) is 65.2 cm³/mol. The summed E-state index contributed by atoms with van der Waals surface area (Å²) in [4.78, 5) is 11.0. The summed E-state index contributed by atoms with van der Waals surface area (Å²) >= 11 is 0. The molecule has 0 fully saturated rings. The number of benzene rings is 1. The molecule has 5 nitrogen and oxygen atoms in total. The van der Waals surface area contributed by atoms with Gasteiger partial charge in [0.15, 0.2) is 0 Å². The SMILES string of the molecule is CNS(=O)(=O)c1cccc(CNC(=O)CC(F)(F)F)c1. The highest BCUT2D eigenvalue weighted by Crippen LogP contribution is 2.19. The maximum Gasteiger partial charge on any atom is 0.397 e. The first-order valence-electron chi connectivity index (χ1n) is 5.50. The molecule has 0 bridgehead atoms. The van der Waals surface area contributed by atoms with Gasteiger partial charge in [0.1, 0.15) is 6.42 Å². The van der Waals surface area contributed by atoms with Crippen molar-refractivity contribution in [2.45, 2.75) is 24.0 Å². The van der Waals surface area contributed by atoms with Crippen LogP contribution in [-0.2, 0) is 21.4 Å². The molecule has 0 radical (unpaired) electrons. The Morgan fingerprint density at radius 3 is 2.50 bits per heavy atom. The molecule has 20 heavy (non-hydrogen) atoms. The molecule has 0 aliphatic carbocycles. The largest absolute Gasteiger partial charge is 0.397 e. The fourth-order valence-electron chi connectivity index (χ4n) is 1.39. The predicted octanol–water partition coefficient (Wildman–Crippen LogP) is 1.16. The first-order chi connectivity index (χ1) is 9.14. The molecule has 1 rings (SSSR count). The zero-order valence-electron chi connectivity index (χ0n) is 10.5. The van der Waals surface area contributed by atoms with E-state index in [1.54, 1.807) is 0 Å². The van der Waals surface area contributed by atoms with Gasteiger partial charge in [0.05, 0.1) is 4.90 Å². The van der Waals surface area contributed by atoms with E-state index in [0.29, 0.717) is 5.56 Å². The van der Waals surface area contributed by atoms with Crippen LogP contribution in [0.4, 0.5) is 13.2 Å². The summed E-state index contributed by atoms with van der Waals surface area (Å²) in [6.07, 6.45) is -6.14. The quantitative estimate of drug-likeness (QED) is 0.857. The van der Waals surface area contributed by atoms with Gasteiger partial charge in [-0.15, -0.1) is 0 Å². The van der Waals surface area contributed by atoms with E-state index in [2.05, 4.69) is 10.0 Å². The van der Waals surface area contributed by atoms with Crippen molar-refractivity contribution in [2.24, 2.45) is 0 Å². The molecule has 112 valence electrons. The Morgan fingerprint density at radius 1 is 1.30 bits per heavy atom. The summed E-state index contributed by atoms with van der Waals surface area (Å²) in [5, 5.41) is 2.08. The molecule has 1 aromatic carbocycles. The molecular formula is C11H13F3N2O3S. The lowest BCUT2D eigenvalue weighted by Gasteiger charge is -2.09. The molecule has 0 spiro atoms. The van der Waals surface area contributed by atoms with Crippen molar-refractivity contribution < 1.29 is 26.4 Å². The fraction of sp³-hybridized carbons (Fsp3) is 0.364. The number of rotatable bonds is 5. The average molecular weight is 310 g/mol. The smallest absolute Gasteiger partial charge is 0.352 e. The van der Waals surface area contributed by atoms with Gasteiger partial charge in [-0.3, -0.25) is 4.79 Å². The van der Waals surface area contributed by atoms with Gasteiger partial charge in [-0.2, -0.15) is 13.2 Å². The minimum atomic E-state index is -4.57. The number of amides is 1. The van der Waals surface area contributed by atoms with E-state index in [1.807, 2.05) is 0 Å².